The van der Waals surface area contributed by atoms with Gasteiger partial charge in [-0.25, -0.2) is 4.79 Å². The molecule has 0 saturated carbocycles. The van der Waals surface area contributed by atoms with Crippen molar-refractivity contribution in [2.75, 3.05) is 20.2 Å². The predicted octanol–water partition coefficient (Wildman–Crippen LogP) is 8.16. The van der Waals surface area contributed by atoms with Crippen LogP contribution in [0.3, 0.4) is 0 Å². The van der Waals surface area contributed by atoms with Crippen molar-refractivity contribution in [3.8, 4) is 0 Å². The molecule has 3 N–H and O–H groups in total. The molecule has 0 heterocycles. The van der Waals surface area contributed by atoms with E-state index in [9.17, 15) is 14.7 Å². The fraction of sp³-hybridized carbons (Fsp3) is 0.778. The molecule has 46 heavy (non-hydrogen) atoms. The van der Waals surface area contributed by atoms with Crippen LogP contribution in [0.2, 0.25) is 36.3 Å². The first kappa shape index (κ1) is 44.3. The average Bonchev–Trinajstić information content (AvgIpc) is 2.92. The minimum absolute atomic E-state index is 0.0146. The zero-order valence-corrected chi connectivity index (χ0v) is 34.1. The van der Waals surface area contributed by atoms with E-state index in [1.54, 1.807) is 17.1 Å². The number of hydrogen-bond donors (Lipinski definition) is 2. The third kappa shape index (κ3) is 13.1. The summed E-state index contributed by atoms with van der Waals surface area (Å²) < 4.78 is 19.7. The summed E-state index contributed by atoms with van der Waals surface area (Å²) in [5.74, 6) is -1.03. The minimum Gasteiger partial charge on any atom is -0.445 e. The fourth-order valence-corrected chi connectivity index (χ4v) is 8.25. The Labute approximate surface area is 284 Å². The molecule has 10 heteroatoms. The van der Waals surface area contributed by atoms with Crippen molar-refractivity contribution in [2.45, 2.75) is 131 Å². The van der Waals surface area contributed by atoms with Crippen molar-refractivity contribution >= 4 is 28.6 Å². The molecule has 0 aliphatic rings. The lowest BCUT2D eigenvalue weighted by Crippen LogP contribution is -2.54. The van der Waals surface area contributed by atoms with Crippen molar-refractivity contribution in [1.82, 2.24) is 4.90 Å². The lowest BCUT2D eigenvalue weighted by atomic mass is 9.83. The molecule has 0 rings (SSSR count). The van der Waals surface area contributed by atoms with Crippen LogP contribution in [0, 0.1) is 29.6 Å². The van der Waals surface area contributed by atoms with Gasteiger partial charge in [0.2, 0.25) is 5.91 Å². The van der Waals surface area contributed by atoms with Gasteiger partial charge in [0.25, 0.3) is 0 Å². The van der Waals surface area contributed by atoms with Crippen LogP contribution < -0.4 is 5.73 Å². The Balaban J connectivity index is 6.59. The molecule has 0 aromatic carbocycles. The Morgan fingerprint density at radius 2 is 1.30 bits per heavy atom. The Bertz CT molecular complexity index is 1030. The number of nitrogens with zero attached hydrogens (tertiary/aromatic N) is 1. The molecule has 2 amide bonds. The second-order valence-electron chi connectivity index (χ2n) is 16.4. The summed E-state index contributed by atoms with van der Waals surface area (Å²) in [6.45, 7) is 36.3. The van der Waals surface area contributed by atoms with Crippen LogP contribution in [-0.4, -0.2) is 77.2 Å². The van der Waals surface area contributed by atoms with Crippen molar-refractivity contribution in [2.24, 2.45) is 35.3 Å². The van der Waals surface area contributed by atoms with Gasteiger partial charge >= 0.3 is 6.09 Å². The zero-order valence-electron chi connectivity index (χ0n) is 32.1. The van der Waals surface area contributed by atoms with E-state index in [2.05, 4.69) is 88.2 Å². The number of carbonyl (C=O) groups is 2. The molecule has 0 aliphatic carbocycles. The van der Waals surface area contributed by atoms with Crippen molar-refractivity contribution < 1.29 is 28.3 Å². The van der Waals surface area contributed by atoms with Crippen LogP contribution >= 0.6 is 0 Å². The van der Waals surface area contributed by atoms with E-state index in [-0.39, 0.29) is 52.4 Å². The molecular weight excluding hydrogens is 613 g/mol. The van der Waals surface area contributed by atoms with Gasteiger partial charge in [-0.3, -0.25) is 4.79 Å². The maximum atomic E-state index is 14.3. The van der Waals surface area contributed by atoms with Crippen molar-refractivity contribution in [3.05, 3.63) is 37.0 Å². The average molecular weight is 683 g/mol. The Hall–Kier alpha value is -1.73. The van der Waals surface area contributed by atoms with Crippen LogP contribution in [0.1, 0.15) is 76.2 Å². The van der Waals surface area contributed by atoms with E-state index in [1.807, 2.05) is 46.0 Å². The van der Waals surface area contributed by atoms with Gasteiger partial charge < -0.3 is 29.3 Å². The highest BCUT2D eigenvalue weighted by molar-refractivity contribution is 6.74. The number of primary amides is 1. The second-order valence-corrected chi connectivity index (χ2v) is 25.9. The van der Waals surface area contributed by atoms with E-state index in [1.165, 1.54) is 0 Å². The Morgan fingerprint density at radius 1 is 0.848 bits per heavy atom. The smallest absolute Gasteiger partial charge is 0.404 e. The summed E-state index contributed by atoms with van der Waals surface area (Å²) in [4.78, 5) is 28.1. The molecule has 0 saturated heterocycles. The number of rotatable bonds is 18. The topological polar surface area (TPSA) is 111 Å². The lowest BCUT2D eigenvalue weighted by Gasteiger charge is -2.45. The molecule has 0 aromatic rings. The largest absolute Gasteiger partial charge is 0.445 e. The summed E-state index contributed by atoms with van der Waals surface area (Å²) in [6, 6.07) is 0. The van der Waals surface area contributed by atoms with E-state index in [0.29, 0.717) is 6.54 Å². The van der Waals surface area contributed by atoms with Crippen LogP contribution in [0.5, 0.6) is 0 Å². The molecule has 0 spiro atoms. The third-order valence-corrected chi connectivity index (χ3v) is 19.2. The van der Waals surface area contributed by atoms with Crippen LogP contribution in [-0.2, 0) is 18.4 Å². The number of hydrogen-bond acceptors (Lipinski definition) is 6. The standard InChI is InChI=1S/C36H70N2O6Si2/c1-18-19-21-26(3)31(42-34(37)41)28(5)32(44-46(16,17)36(10,11)12)29(6)33(40)38(13)24-27(4)30(25(2)22-20-23-39)43-45(14,15)35(7,8)9/h18-22,25-32,39H,1,23-24H2,2-17H3,(H2,37,41)/b21-19-,22-20-/t25-,26-,27-,28+,29+,30+,31-,32-/m0/s1. The first-order chi connectivity index (χ1) is 20.8. The number of nitrogens with two attached hydrogens (primary N) is 1. The molecule has 8 atom stereocenters. The van der Waals surface area contributed by atoms with Crippen LogP contribution in [0.25, 0.3) is 0 Å². The lowest BCUT2D eigenvalue weighted by molar-refractivity contribution is -0.140. The van der Waals surface area contributed by atoms with Gasteiger partial charge in [-0.1, -0.05) is 113 Å². The van der Waals surface area contributed by atoms with Crippen molar-refractivity contribution in [1.29, 1.82) is 0 Å². The first-order valence-corrected chi connectivity index (χ1v) is 22.7. The number of aliphatic hydroxyl groups is 1. The molecule has 0 radical (unpaired) electrons. The quantitative estimate of drug-likeness (QED) is 0.0858. The normalized spacial score (nSPS) is 18.8. The van der Waals surface area contributed by atoms with Gasteiger partial charge in [0.15, 0.2) is 16.6 Å². The van der Waals surface area contributed by atoms with Gasteiger partial charge in [0.1, 0.15) is 6.10 Å². The summed E-state index contributed by atoms with van der Waals surface area (Å²) in [6.07, 6.45) is 7.06. The van der Waals surface area contributed by atoms with Crippen LogP contribution in [0.15, 0.2) is 37.0 Å². The monoisotopic (exact) mass is 682 g/mol. The Kier molecular flexibility index (Phi) is 17.5. The molecular formula is C36H70N2O6Si2. The SMILES string of the molecule is C=C/C=C\[C@H](C)[C@H](OC(N)=O)[C@@H](C)[C@H](O[Si](C)(C)C(C)(C)C)[C@@H](C)C(=O)N(C)C[C@H](C)[C@H](O[Si](C)(C)C(C)(C)C)[C@@H](C)/C=C\CO. The minimum atomic E-state index is -2.36. The molecule has 0 aliphatic heterocycles. The van der Waals surface area contributed by atoms with E-state index < -0.39 is 40.9 Å². The summed E-state index contributed by atoms with van der Waals surface area (Å²) >= 11 is 0. The maximum absolute atomic E-state index is 14.3. The highest BCUT2D eigenvalue weighted by atomic mass is 28.4. The molecule has 0 fully saturated rings. The number of carbonyl (C=O) groups excluding carboxylic acids is 2. The van der Waals surface area contributed by atoms with Gasteiger partial charge in [0, 0.05) is 25.4 Å². The van der Waals surface area contributed by atoms with Gasteiger partial charge in [-0.15, -0.1) is 0 Å². The molecule has 0 bridgehead atoms. The van der Waals surface area contributed by atoms with E-state index in [4.69, 9.17) is 19.3 Å². The van der Waals surface area contributed by atoms with Gasteiger partial charge in [-0.05, 0) is 48.1 Å². The van der Waals surface area contributed by atoms with Crippen LogP contribution in [0.4, 0.5) is 4.79 Å². The highest BCUT2D eigenvalue weighted by Crippen LogP contribution is 2.41. The number of aliphatic hydroxyl groups excluding tert-OH is 1. The van der Waals surface area contributed by atoms with Gasteiger partial charge in [0.05, 0.1) is 24.7 Å². The highest BCUT2D eigenvalue weighted by Gasteiger charge is 2.46. The van der Waals surface area contributed by atoms with E-state index >= 15 is 0 Å². The first-order valence-electron chi connectivity index (χ1n) is 16.9. The molecule has 8 nitrogen and oxygen atoms in total. The molecule has 0 aromatic heterocycles. The second kappa shape index (κ2) is 18.2. The molecule has 268 valence electrons. The number of allylic oxidation sites excluding steroid dienone is 2. The maximum Gasteiger partial charge on any atom is 0.404 e. The number of amides is 2. The molecule has 0 unspecified atom stereocenters. The fourth-order valence-electron chi connectivity index (χ4n) is 5.32. The van der Waals surface area contributed by atoms with Crippen molar-refractivity contribution in [3.63, 3.8) is 0 Å². The summed E-state index contributed by atoms with van der Waals surface area (Å²) in [5, 5.41) is 9.36. The Morgan fingerprint density at radius 3 is 1.72 bits per heavy atom. The van der Waals surface area contributed by atoms with E-state index in [0.717, 1.165) is 0 Å². The summed E-state index contributed by atoms with van der Waals surface area (Å²) in [7, 11) is -2.66. The zero-order chi connectivity index (χ0) is 36.4. The predicted molar refractivity (Wildman–Crippen MR) is 198 cm³/mol. The summed E-state index contributed by atoms with van der Waals surface area (Å²) in [5.41, 5.74) is 5.55. The number of ether oxygens (including phenoxy) is 1. The third-order valence-electron chi connectivity index (χ3n) is 10.3. The van der Waals surface area contributed by atoms with Gasteiger partial charge in [-0.2, -0.15) is 0 Å².